The number of likely N-dealkylation sites (tertiary alicyclic amines) is 1. The van der Waals surface area contributed by atoms with Crippen LogP contribution in [0.4, 0.5) is 13.2 Å². The van der Waals surface area contributed by atoms with E-state index in [0.717, 1.165) is 23.0 Å². The zero-order valence-electron chi connectivity index (χ0n) is 16.1. The van der Waals surface area contributed by atoms with E-state index in [1.54, 1.807) is 30.1 Å². The van der Waals surface area contributed by atoms with E-state index in [1.165, 1.54) is 12.1 Å². The topological polar surface area (TPSA) is 40.5 Å². The summed E-state index contributed by atoms with van der Waals surface area (Å²) >= 11 is 1.12. The Kier molecular flexibility index (Phi) is 5.42. The van der Waals surface area contributed by atoms with Crippen LogP contribution in [0.3, 0.4) is 0 Å². The van der Waals surface area contributed by atoms with Gasteiger partial charge in [-0.2, -0.15) is 13.2 Å². The summed E-state index contributed by atoms with van der Waals surface area (Å²) in [7, 11) is 1.66. The minimum atomic E-state index is -4.46. The molecule has 2 aromatic carbocycles. The fraction of sp³-hybridized carbons (Fsp3) is 0.261. The van der Waals surface area contributed by atoms with Crippen LogP contribution in [0.25, 0.3) is 10.4 Å². The number of aliphatic hydroxyl groups excluding tert-OH is 1. The normalized spacial score (nSPS) is 20.6. The Morgan fingerprint density at radius 1 is 1.03 bits per heavy atom. The van der Waals surface area contributed by atoms with Gasteiger partial charge in [-0.3, -0.25) is 4.79 Å². The van der Waals surface area contributed by atoms with Crippen LogP contribution in [0.2, 0.25) is 0 Å². The molecule has 1 aliphatic heterocycles. The van der Waals surface area contributed by atoms with Crippen LogP contribution in [0.5, 0.6) is 0 Å². The van der Waals surface area contributed by atoms with Gasteiger partial charge in [0.25, 0.3) is 0 Å². The van der Waals surface area contributed by atoms with Crippen molar-refractivity contribution in [1.82, 2.24) is 4.90 Å². The molecule has 3 aromatic rings. The highest BCUT2D eigenvalue weighted by atomic mass is 32.1. The minimum Gasteiger partial charge on any atom is -0.385 e. The first kappa shape index (κ1) is 20.6. The lowest BCUT2D eigenvalue weighted by Crippen LogP contribution is -2.36. The van der Waals surface area contributed by atoms with Crippen LogP contribution in [0.15, 0.2) is 66.7 Å². The number of thiophene rings is 1. The van der Waals surface area contributed by atoms with E-state index in [0.29, 0.717) is 9.75 Å². The Hall–Kier alpha value is -2.64. The molecule has 0 aliphatic carbocycles. The molecule has 0 unspecified atom stereocenters. The van der Waals surface area contributed by atoms with E-state index in [9.17, 15) is 23.1 Å². The molecule has 156 valence electrons. The molecule has 1 N–H and O–H groups in total. The third kappa shape index (κ3) is 3.75. The molecule has 3 atom stereocenters. The number of halogens is 3. The van der Waals surface area contributed by atoms with Crippen LogP contribution < -0.4 is 0 Å². The van der Waals surface area contributed by atoms with Crippen LogP contribution in [0, 0.1) is 0 Å². The summed E-state index contributed by atoms with van der Waals surface area (Å²) in [4.78, 5) is 14.9. The van der Waals surface area contributed by atoms with Gasteiger partial charge in [0, 0.05) is 34.7 Å². The number of benzene rings is 2. The number of hydrogen-bond donors (Lipinski definition) is 1. The Balaban J connectivity index is 1.68. The highest BCUT2D eigenvalue weighted by Crippen LogP contribution is 2.44. The fourth-order valence-electron chi connectivity index (χ4n) is 4.11. The number of aliphatic hydroxyl groups is 1. The van der Waals surface area contributed by atoms with E-state index < -0.39 is 23.9 Å². The second kappa shape index (κ2) is 7.89. The van der Waals surface area contributed by atoms with E-state index in [4.69, 9.17) is 0 Å². The average Bonchev–Trinajstić information content (AvgIpc) is 3.33. The molecule has 3 nitrogen and oxygen atoms in total. The first-order valence-corrected chi connectivity index (χ1v) is 10.3. The third-order valence-corrected chi connectivity index (χ3v) is 6.80. The van der Waals surface area contributed by atoms with Gasteiger partial charge in [-0.1, -0.05) is 48.5 Å². The van der Waals surface area contributed by atoms with Crippen LogP contribution >= 0.6 is 11.3 Å². The Bertz CT molecular complexity index is 1050. The predicted octanol–water partition coefficient (Wildman–Crippen LogP) is 5.48. The molecule has 0 radical (unpaired) electrons. The van der Waals surface area contributed by atoms with Gasteiger partial charge in [-0.15, -0.1) is 11.3 Å². The molecule has 1 fully saturated rings. The number of alkyl halides is 3. The molecule has 0 bridgehead atoms. The molecule has 0 spiro atoms. The quantitative estimate of drug-likeness (QED) is 0.594. The van der Waals surface area contributed by atoms with Crippen molar-refractivity contribution in [1.29, 1.82) is 0 Å². The molecule has 7 heteroatoms. The van der Waals surface area contributed by atoms with Gasteiger partial charge in [-0.05, 0) is 23.8 Å². The molecule has 1 aromatic heterocycles. The maximum atomic E-state index is 13.4. The highest BCUT2D eigenvalue weighted by Gasteiger charge is 2.43. The maximum Gasteiger partial charge on any atom is 0.417 e. The molecule has 1 saturated heterocycles. The first-order chi connectivity index (χ1) is 14.3. The summed E-state index contributed by atoms with van der Waals surface area (Å²) in [5, 5.41) is 11.1. The summed E-state index contributed by atoms with van der Waals surface area (Å²) in [6.07, 6.45) is -5.17. The van der Waals surface area contributed by atoms with Crippen LogP contribution in [-0.4, -0.2) is 29.0 Å². The van der Waals surface area contributed by atoms with E-state index >= 15 is 0 Å². The lowest BCUT2D eigenvalue weighted by atomic mass is 9.88. The lowest BCUT2D eigenvalue weighted by Gasteiger charge is -2.29. The molecule has 4 rings (SSSR count). The highest BCUT2D eigenvalue weighted by molar-refractivity contribution is 7.15. The third-order valence-electron chi connectivity index (χ3n) is 5.61. The van der Waals surface area contributed by atoms with Crippen LogP contribution in [0.1, 0.15) is 34.4 Å². The maximum absolute atomic E-state index is 13.4. The van der Waals surface area contributed by atoms with Gasteiger partial charge < -0.3 is 10.0 Å². The van der Waals surface area contributed by atoms with E-state index in [-0.39, 0.29) is 23.8 Å². The number of rotatable bonds is 4. The second-order valence-electron chi connectivity index (χ2n) is 7.41. The summed E-state index contributed by atoms with van der Waals surface area (Å²) in [6, 6.07) is 17.7. The van der Waals surface area contributed by atoms with Gasteiger partial charge in [-0.25, -0.2) is 0 Å². The van der Waals surface area contributed by atoms with Crippen molar-refractivity contribution in [3.05, 3.63) is 82.7 Å². The van der Waals surface area contributed by atoms with E-state index in [2.05, 4.69) is 0 Å². The van der Waals surface area contributed by atoms with Gasteiger partial charge >= 0.3 is 6.18 Å². The van der Waals surface area contributed by atoms with Gasteiger partial charge in [0.2, 0.25) is 5.91 Å². The van der Waals surface area contributed by atoms with Crippen LogP contribution in [-0.2, 0) is 11.0 Å². The van der Waals surface area contributed by atoms with Crippen molar-refractivity contribution in [2.24, 2.45) is 0 Å². The van der Waals surface area contributed by atoms with Crippen molar-refractivity contribution in [3.8, 4) is 10.4 Å². The number of carbonyl (C=O) groups excluding carboxylic acids is 1. The zero-order valence-corrected chi connectivity index (χ0v) is 17.0. The van der Waals surface area contributed by atoms with Gasteiger partial charge in [0.15, 0.2) is 0 Å². The largest absolute Gasteiger partial charge is 0.417 e. The standard InChI is InChI=1S/C23H20F3NO2S/c1-27-20(28)13-16(14-7-3-2-4-8-14)21(27)22(29)19-12-11-18(30-19)15-9-5-6-10-17(15)23(24,25)26/h2-12,16,21-22,29H,13H2,1H3/t16-,21-,22-/m1/s1. The van der Waals surface area contributed by atoms with Crippen molar-refractivity contribution >= 4 is 17.2 Å². The Labute approximate surface area is 176 Å². The SMILES string of the molecule is CN1C(=O)C[C@H](c2ccccc2)[C@@H]1[C@H](O)c1ccc(-c2ccccc2C(F)(F)F)s1. The van der Waals surface area contributed by atoms with Gasteiger partial charge in [0.1, 0.15) is 6.10 Å². The van der Waals surface area contributed by atoms with Gasteiger partial charge in [0.05, 0.1) is 11.6 Å². The first-order valence-electron chi connectivity index (χ1n) is 9.52. The summed E-state index contributed by atoms with van der Waals surface area (Å²) in [5.41, 5.74) is 0.338. The Morgan fingerprint density at radius 2 is 1.70 bits per heavy atom. The number of carbonyl (C=O) groups is 1. The molecular formula is C23H20F3NO2S. The minimum absolute atomic E-state index is 0.0629. The fourth-order valence-corrected chi connectivity index (χ4v) is 5.18. The second-order valence-corrected chi connectivity index (χ2v) is 8.52. The molecule has 1 aliphatic rings. The lowest BCUT2D eigenvalue weighted by molar-refractivity contribution is -0.137. The summed E-state index contributed by atoms with van der Waals surface area (Å²) < 4.78 is 40.2. The average molecular weight is 431 g/mol. The molecule has 0 saturated carbocycles. The summed E-state index contributed by atoms with van der Waals surface area (Å²) in [5.74, 6) is -0.251. The van der Waals surface area contributed by atoms with Crippen molar-refractivity contribution in [3.63, 3.8) is 0 Å². The van der Waals surface area contributed by atoms with E-state index in [1.807, 2.05) is 30.3 Å². The Morgan fingerprint density at radius 3 is 2.40 bits per heavy atom. The smallest absolute Gasteiger partial charge is 0.385 e. The zero-order chi connectivity index (χ0) is 21.5. The number of nitrogens with zero attached hydrogens (tertiary/aromatic N) is 1. The predicted molar refractivity (Wildman–Crippen MR) is 110 cm³/mol. The number of likely N-dealkylation sites (N-methyl/N-ethyl adjacent to an activating group) is 1. The molecule has 1 amide bonds. The molecular weight excluding hydrogens is 411 g/mol. The molecule has 30 heavy (non-hydrogen) atoms. The monoisotopic (exact) mass is 431 g/mol. The van der Waals surface area contributed by atoms with Crippen molar-refractivity contribution in [2.75, 3.05) is 7.05 Å². The van der Waals surface area contributed by atoms with Crippen molar-refractivity contribution < 1.29 is 23.1 Å². The number of amides is 1. The number of hydrogen-bond acceptors (Lipinski definition) is 3. The van der Waals surface area contributed by atoms with Crippen molar-refractivity contribution in [2.45, 2.75) is 30.7 Å². The molecule has 2 heterocycles. The summed E-state index contributed by atoms with van der Waals surface area (Å²) in [6.45, 7) is 0.